The Balaban J connectivity index is 2.14. The molecule has 5 heteroatoms. The number of nitrogens with zero attached hydrogens (tertiary/aromatic N) is 3. The average Bonchev–Trinajstić information content (AvgIpc) is 2.84. The maximum atomic E-state index is 4.30. The van der Waals surface area contributed by atoms with Crippen LogP contribution in [0.1, 0.15) is 5.01 Å². The SMILES string of the molecule is CNc1cc2cc(-c3nnc(C)s3)ccc2cn1. The maximum absolute atomic E-state index is 4.30. The second-order valence-corrected chi connectivity index (χ2v) is 5.19. The number of hydrogen-bond acceptors (Lipinski definition) is 5. The molecule has 1 aromatic carbocycles. The van der Waals surface area contributed by atoms with E-state index in [9.17, 15) is 0 Å². The molecule has 0 saturated carbocycles. The molecule has 0 atom stereocenters. The van der Waals surface area contributed by atoms with Crippen molar-refractivity contribution in [2.45, 2.75) is 6.92 Å². The average molecular weight is 256 g/mol. The van der Waals surface area contributed by atoms with Gasteiger partial charge in [-0.15, -0.1) is 10.2 Å². The van der Waals surface area contributed by atoms with Crippen LogP contribution >= 0.6 is 11.3 Å². The van der Waals surface area contributed by atoms with E-state index in [1.807, 2.05) is 26.2 Å². The summed E-state index contributed by atoms with van der Waals surface area (Å²) in [6, 6.07) is 8.28. The number of aromatic nitrogens is 3. The molecule has 90 valence electrons. The Hall–Kier alpha value is -2.01. The third-order valence-corrected chi connectivity index (χ3v) is 3.64. The molecule has 0 fully saturated rings. The third-order valence-electron chi connectivity index (χ3n) is 2.75. The first-order valence-corrected chi connectivity index (χ1v) is 6.46. The minimum atomic E-state index is 0.869. The first-order chi connectivity index (χ1) is 8.76. The van der Waals surface area contributed by atoms with Gasteiger partial charge < -0.3 is 5.32 Å². The van der Waals surface area contributed by atoms with Crippen LogP contribution in [0.25, 0.3) is 21.3 Å². The lowest BCUT2D eigenvalue weighted by atomic mass is 10.1. The minimum Gasteiger partial charge on any atom is -0.373 e. The number of aryl methyl sites for hydroxylation is 1. The highest BCUT2D eigenvalue weighted by atomic mass is 32.1. The van der Waals surface area contributed by atoms with Crippen molar-refractivity contribution in [3.05, 3.63) is 35.5 Å². The van der Waals surface area contributed by atoms with Crippen molar-refractivity contribution in [2.24, 2.45) is 0 Å². The molecule has 0 bridgehead atoms. The van der Waals surface area contributed by atoms with Crippen molar-refractivity contribution in [1.82, 2.24) is 15.2 Å². The highest BCUT2D eigenvalue weighted by Gasteiger charge is 2.05. The number of nitrogens with one attached hydrogen (secondary N) is 1. The van der Waals surface area contributed by atoms with E-state index >= 15 is 0 Å². The fraction of sp³-hybridized carbons (Fsp3) is 0.154. The molecule has 0 aliphatic rings. The van der Waals surface area contributed by atoms with Crippen molar-refractivity contribution < 1.29 is 0 Å². The summed E-state index contributed by atoms with van der Waals surface area (Å²) in [6.45, 7) is 1.96. The molecule has 0 aliphatic carbocycles. The lowest BCUT2D eigenvalue weighted by Gasteiger charge is -2.03. The standard InChI is InChI=1S/C13H12N4S/c1-8-16-17-13(18-8)9-3-4-10-7-15-12(14-2)6-11(10)5-9/h3-7H,1-2H3,(H,14,15). The summed E-state index contributed by atoms with van der Waals surface area (Å²) in [5, 5.41) is 15.5. The number of fused-ring (bicyclic) bond motifs is 1. The number of pyridine rings is 1. The molecule has 2 heterocycles. The van der Waals surface area contributed by atoms with E-state index in [1.165, 1.54) is 0 Å². The second-order valence-electron chi connectivity index (χ2n) is 4.01. The van der Waals surface area contributed by atoms with Gasteiger partial charge in [0.05, 0.1) is 0 Å². The quantitative estimate of drug-likeness (QED) is 0.765. The van der Waals surface area contributed by atoms with Gasteiger partial charge in [-0.25, -0.2) is 4.98 Å². The summed E-state index contributed by atoms with van der Waals surface area (Å²) < 4.78 is 0. The lowest BCUT2D eigenvalue weighted by Crippen LogP contribution is -1.91. The topological polar surface area (TPSA) is 50.7 Å². The van der Waals surface area contributed by atoms with Gasteiger partial charge in [-0.2, -0.15) is 0 Å². The number of anilines is 1. The normalized spacial score (nSPS) is 10.8. The molecule has 3 aromatic rings. The maximum Gasteiger partial charge on any atom is 0.147 e. The Morgan fingerprint density at radius 1 is 1.11 bits per heavy atom. The first-order valence-electron chi connectivity index (χ1n) is 5.64. The molecular formula is C13H12N4S. The van der Waals surface area contributed by atoms with Gasteiger partial charge in [0.1, 0.15) is 15.8 Å². The van der Waals surface area contributed by atoms with Crippen LogP contribution in [-0.4, -0.2) is 22.2 Å². The van der Waals surface area contributed by atoms with Gasteiger partial charge >= 0.3 is 0 Å². The molecule has 0 radical (unpaired) electrons. The van der Waals surface area contributed by atoms with E-state index in [-0.39, 0.29) is 0 Å². The molecule has 0 unspecified atom stereocenters. The van der Waals surface area contributed by atoms with Gasteiger partial charge in [0.25, 0.3) is 0 Å². The van der Waals surface area contributed by atoms with Gasteiger partial charge in [0.15, 0.2) is 0 Å². The molecular weight excluding hydrogens is 244 g/mol. The van der Waals surface area contributed by atoms with Gasteiger partial charge in [-0.3, -0.25) is 0 Å². The highest BCUT2D eigenvalue weighted by Crippen LogP contribution is 2.27. The smallest absolute Gasteiger partial charge is 0.147 e. The number of benzene rings is 1. The molecule has 18 heavy (non-hydrogen) atoms. The predicted molar refractivity (Wildman–Crippen MR) is 74.9 cm³/mol. The Labute approximate surface area is 109 Å². The van der Waals surface area contributed by atoms with E-state index in [0.717, 1.165) is 32.2 Å². The molecule has 0 spiro atoms. The van der Waals surface area contributed by atoms with E-state index in [4.69, 9.17) is 0 Å². The first kappa shape index (κ1) is 11.1. The Kier molecular flexibility index (Phi) is 2.68. The van der Waals surface area contributed by atoms with Gasteiger partial charge in [0.2, 0.25) is 0 Å². The Bertz CT molecular complexity index is 705. The zero-order chi connectivity index (χ0) is 12.5. The fourth-order valence-electron chi connectivity index (χ4n) is 1.82. The van der Waals surface area contributed by atoms with Crippen LogP contribution in [0.4, 0.5) is 5.82 Å². The second kappa shape index (κ2) is 4.34. The fourth-order valence-corrected chi connectivity index (χ4v) is 2.51. The van der Waals surface area contributed by atoms with E-state index in [1.54, 1.807) is 11.3 Å². The Morgan fingerprint density at radius 3 is 2.72 bits per heavy atom. The zero-order valence-corrected chi connectivity index (χ0v) is 11.0. The number of hydrogen-bond donors (Lipinski definition) is 1. The van der Waals surface area contributed by atoms with Crippen LogP contribution in [-0.2, 0) is 0 Å². The van der Waals surface area contributed by atoms with E-state index < -0.39 is 0 Å². The van der Waals surface area contributed by atoms with Crippen molar-refractivity contribution in [3.63, 3.8) is 0 Å². The van der Waals surface area contributed by atoms with Crippen LogP contribution in [0.3, 0.4) is 0 Å². The summed E-state index contributed by atoms with van der Waals surface area (Å²) in [7, 11) is 1.87. The molecule has 1 N–H and O–H groups in total. The lowest BCUT2D eigenvalue weighted by molar-refractivity contribution is 1.05. The van der Waals surface area contributed by atoms with Gasteiger partial charge in [0, 0.05) is 24.2 Å². The molecule has 0 aliphatic heterocycles. The Morgan fingerprint density at radius 2 is 2.00 bits per heavy atom. The summed E-state index contributed by atoms with van der Waals surface area (Å²) >= 11 is 1.61. The van der Waals surface area contributed by atoms with Crippen molar-refractivity contribution in [3.8, 4) is 10.6 Å². The molecule has 0 saturated heterocycles. The molecule has 4 nitrogen and oxygen atoms in total. The van der Waals surface area contributed by atoms with Crippen LogP contribution in [0.5, 0.6) is 0 Å². The van der Waals surface area contributed by atoms with E-state index in [0.29, 0.717) is 0 Å². The van der Waals surface area contributed by atoms with Crippen molar-refractivity contribution >= 4 is 27.9 Å². The number of rotatable bonds is 2. The summed E-state index contributed by atoms with van der Waals surface area (Å²) in [6.07, 6.45) is 1.87. The van der Waals surface area contributed by atoms with E-state index in [2.05, 4.69) is 38.7 Å². The highest BCUT2D eigenvalue weighted by molar-refractivity contribution is 7.14. The molecule has 3 rings (SSSR count). The summed E-state index contributed by atoms with van der Waals surface area (Å²) in [5.41, 5.74) is 1.10. The van der Waals surface area contributed by atoms with Crippen molar-refractivity contribution in [2.75, 3.05) is 12.4 Å². The third kappa shape index (κ3) is 1.93. The van der Waals surface area contributed by atoms with Crippen LogP contribution in [0.15, 0.2) is 30.5 Å². The molecule has 2 aromatic heterocycles. The predicted octanol–water partition coefficient (Wildman–Crippen LogP) is 3.10. The zero-order valence-electron chi connectivity index (χ0n) is 10.1. The largest absolute Gasteiger partial charge is 0.373 e. The minimum absolute atomic E-state index is 0.869. The van der Waals surface area contributed by atoms with Crippen molar-refractivity contribution in [1.29, 1.82) is 0 Å². The summed E-state index contributed by atoms with van der Waals surface area (Å²) in [4.78, 5) is 4.30. The van der Waals surface area contributed by atoms with Gasteiger partial charge in [-0.05, 0) is 24.4 Å². The van der Waals surface area contributed by atoms with Gasteiger partial charge in [-0.1, -0.05) is 23.5 Å². The monoisotopic (exact) mass is 256 g/mol. The van der Waals surface area contributed by atoms with Crippen LogP contribution in [0, 0.1) is 6.92 Å². The summed E-state index contributed by atoms with van der Waals surface area (Å²) in [5.74, 6) is 0.869. The molecule has 0 amide bonds. The van der Waals surface area contributed by atoms with Crippen LogP contribution in [0.2, 0.25) is 0 Å². The van der Waals surface area contributed by atoms with Crippen LogP contribution < -0.4 is 5.32 Å².